The number of benzene rings is 1. The van der Waals surface area contributed by atoms with Crippen LogP contribution in [0.25, 0.3) is 0 Å². The number of rotatable bonds is 1. The molecule has 0 radical (unpaired) electrons. The van der Waals surface area contributed by atoms with E-state index in [0.29, 0.717) is 36.0 Å². The highest BCUT2D eigenvalue weighted by molar-refractivity contribution is 5.94. The van der Waals surface area contributed by atoms with Gasteiger partial charge in [-0.3, -0.25) is 4.79 Å². The Morgan fingerprint density at radius 2 is 2.04 bits per heavy atom. The van der Waals surface area contributed by atoms with E-state index in [4.69, 9.17) is 4.74 Å². The lowest BCUT2D eigenvalue weighted by Crippen LogP contribution is -2.40. The zero-order valence-corrected chi connectivity index (χ0v) is 13.8. The average Bonchev–Trinajstić information content (AvgIpc) is 2.60. The van der Waals surface area contributed by atoms with Gasteiger partial charge in [-0.05, 0) is 54.7 Å². The molecule has 0 bridgehead atoms. The summed E-state index contributed by atoms with van der Waals surface area (Å²) in [6, 6.07) is 3.49. The van der Waals surface area contributed by atoms with Gasteiger partial charge in [0.15, 0.2) is 0 Å². The fraction of sp³-hybridized carbons (Fsp3) is 0.500. The number of fused-ring (bicyclic) bond motifs is 5. The van der Waals surface area contributed by atoms with Crippen molar-refractivity contribution in [1.29, 1.82) is 0 Å². The van der Waals surface area contributed by atoms with Gasteiger partial charge in [-0.25, -0.2) is 4.79 Å². The Kier molecular flexibility index (Phi) is 3.70. The van der Waals surface area contributed by atoms with Crippen molar-refractivity contribution >= 4 is 11.8 Å². The Labute approximate surface area is 141 Å². The van der Waals surface area contributed by atoms with Gasteiger partial charge in [-0.1, -0.05) is 18.2 Å². The summed E-state index contributed by atoms with van der Waals surface area (Å²) in [5.74, 6) is 0.862. The van der Waals surface area contributed by atoms with E-state index in [-0.39, 0.29) is 17.6 Å². The van der Waals surface area contributed by atoms with E-state index in [1.165, 1.54) is 7.11 Å². The molecule has 0 aliphatic heterocycles. The van der Waals surface area contributed by atoms with Gasteiger partial charge in [0.05, 0.1) is 7.11 Å². The van der Waals surface area contributed by atoms with Crippen LogP contribution >= 0.6 is 0 Å². The summed E-state index contributed by atoms with van der Waals surface area (Å²) in [6.07, 6.45) is 8.82. The van der Waals surface area contributed by atoms with Crippen molar-refractivity contribution in [3.8, 4) is 5.75 Å². The number of Topliss-reactive ketones (excluding diaryl/α,β-unsaturated/α-hetero) is 1. The molecule has 1 N–H and O–H groups in total. The number of ketones is 1. The molecule has 4 rings (SSSR count). The molecule has 1 fully saturated rings. The van der Waals surface area contributed by atoms with E-state index in [0.717, 1.165) is 30.4 Å². The summed E-state index contributed by atoms with van der Waals surface area (Å²) in [6.45, 7) is 0. The van der Waals surface area contributed by atoms with Crippen molar-refractivity contribution in [3.63, 3.8) is 0 Å². The molecule has 4 atom stereocenters. The molecule has 4 heteroatoms. The third kappa shape index (κ3) is 2.20. The predicted octanol–water partition coefficient (Wildman–Crippen LogP) is 3.38. The third-order valence-electron chi connectivity index (χ3n) is 6.09. The molecule has 24 heavy (non-hydrogen) atoms. The molecule has 3 aliphatic carbocycles. The van der Waals surface area contributed by atoms with Crippen LogP contribution in [0.5, 0.6) is 5.75 Å². The minimum Gasteiger partial charge on any atom is -0.507 e. The van der Waals surface area contributed by atoms with Gasteiger partial charge in [-0.15, -0.1) is 0 Å². The van der Waals surface area contributed by atoms with Crippen LogP contribution in [0.15, 0.2) is 24.3 Å². The van der Waals surface area contributed by atoms with Crippen LogP contribution in [0.2, 0.25) is 0 Å². The number of ether oxygens (including phenoxy) is 1. The fourth-order valence-corrected chi connectivity index (χ4v) is 5.07. The Hall–Kier alpha value is -2.10. The molecule has 0 spiro atoms. The van der Waals surface area contributed by atoms with Crippen molar-refractivity contribution in [2.45, 2.75) is 38.0 Å². The summed E-state index contributed by atoms with van der Waals surface area (Å²) in [7, 11) is 1.33. The number of allylic oxidation sites excluding steroid dienone is 2. The van der Waals surface area contributed by atoms with Crippen LogP contribution in [-0.2, 0) is 16.0 Å². The Bertz CT molecular complexity index is 733. The van der Waals surface area contributed by atoms with Crippen LogP contribution in [0, 0.1) is 17.8 Å². The summed E-state index contributed by atoms with van der Waals surface area (Å²) in [5, 5.41) is 10.1. The van der Waals surface area contributed by atoms with Gasteiger partial charge >= 0.3 is 5.97 Å². The molecule has 1 aromatic carbocycles. The maximum absolute atomic E-state index is 12.5. The highest BCUT2D eigenvalue weighted by Crippen LogP contribution is 2.51. The largest absolute Gasteiger partial charge is 0.507 e. The van der Waals surface area contributed by atoms with E-state index < -0.39 is 5.97 Å². The number of hydrogen-bond acceptors (Lipinski definition) is 4. The molecule has 4 nitrogen and oxygen atoms in total. The first-order valence-corrected chi connectivity index (χ1v) is 8.76. The van der Waals surface area contributed by atoms with Crippen LogP contribution in [0.4, 0.5) is 0 Å². The van der Waals surface area contributed by atoms with Gasteiger partial charge in [0.2, 0.25) is 0 Å². The Morgan fingerprint density at radius 1 is 1.21 bits per heavy atom. The molecular weight excluding hydrogens is 304 g/mol. The predicted molar refractivity (Wildman–Crippen MR) is 89.0 cm³/mol. The van der Waals surface area contributed by atoms with Gasteiger partial charge < -0.3 is 9.84 Å². The quantitative estimate of drug-likeness (QED) is 0.635. The monoisotopic (exact) mass is 326 g/mol. The molecule has 3 aliphatic rings. The maximum atomic E-state index is 12.5. The summed E-state index contributed by atoms with van der Waals surface area (Å²) in [4.78, 5) is 24.6. The van der Waals surface area contributed by atoms with Crippen molar-refractivity contribution in [1.82, 2.24) is 0 Å². The number of aromatic hydroxyl groups is 1. The molecule has 0 aromatic heterocycles. The summed E-state index contributed by atoms with van der Waals surface area (Å²) < 4.78 is 4.85. The van der Waals surface area contributed by atoms with Crippen LogP contribution in [0.3, 0.4) is 0 Å². The summed E-state index contributed by atoms with van der Waals surface area (Å²) in [5.41, 5.74) is 2.24. The molecule has 0 heterocycles. The lowest BCUT2D eigenvalue weighted by atomic mass is 9.59. The lowest BCUT2D eigenvalue weighted by Gasteiger charge is -2.44. The van der Waals surface area contributed by atoms with E-state index in [1.807, 2.05) is 6.07 Å². The standard InChI is InChI=1S/C20H22O4/c1-24-20(23)19-15-8-7-14-12(13(15)9-10-17(19)22)6-5-11-3-2-4-16(21)18(11)14/h5-6,9-12,14,18,22H,2-4,7-8H2,1H3/t11-,12-,14+,18+/m1/s1. The number of phenols is 1. The van der Waals surface area contributed by atoms with E-state index in [2.05, 4.69) is 12.2 Å². The maximum Gasteiger partial charge on any atom is 0.341 e. The minimum absolute atomic E-state index is 0.0227. The second-order valence-electron chi connectivity index (χ2n) is 7.18. The average molecular weight is 326 g/mol. The zero-order chi connectivity index (χ0) is 16.8. The molecule has 0 amide bonds. The number of hydrogen-bond donors (Lipinski definition) is 1. The van der Waals surface area contributed by atoms with Crippen LogP contribution in [-0.4, -0.2) is 24.0 Å². The van der Waals surface area contributed by atoms with Gasteiger partial charge in [-0.2, -0.15) is 0 Å². The fourth-order valence-electron chi connectivity index (χ4n) is 5.07. The third-order valence-corrected chi connectivity index (χ3v) is 6.09. The molecule has 0 unspecified atom stereocenters. The van der Waals surface area contributed by atoms with Crippen molar-refractivity contribution < 1.29 is 19.4 Å². The Balaban J connectivity index is 1.80. The second-order valence-corrected chi connectivity index (χ2v) is 7.18. The first kappa shape index (κ1) is 15.4. The molecule has 126 valence electrons. The number of methoxy groups -OCH3 is 1. The zero-order valence-electron chi connectivity index (χ0n) is 13.8. The first-order chi connectivity index (χ1) is 11.6. The smallest absolute Gasteiger partial charge is 0.341 e. The normalized spacial score (nSPS) is 31.0. The van der Waals surface area contributed by atoms with E-state index in [9.17, 15) is 14.7 Å². The SMILES string of the molecule is COC(=O)c1c(O)ccc2c1CC[C@@H]1[C@H]3C(=O)CCC[C@@H]3C=C[C@H]21. The molecule has 1 saturated carbocycles. The topological polar surface area (TPSA) is 63.6 Å². The number of carbonyl (C=O) groups is 2. The van der Waals surface area contributed by atoms with E-state index in [1.54, 1.807) is 6.07 Å². The Morgan fingerprint density at radius 3 is 2.83 bits per heavy atom. The van der Waals surface area contributed by atoms with Gasteiger partial charge in [0.1, 0.15) is 17.1 Å². The highest BCUT2D eigenvalue weighted by Gasteiger charge is 2.45. The van der Waals surface area contributed by atoms with E-state index >= 15 is 0 Å². The first-order valence-electron chi connectivity index (χ1n) is 8.76. The minimum atomic E-state index is -0.491. The second kappa shape index (κ2) is 5.76. The number of carbonyl (C=O) groups excluding carboxylic acids is 2. The number of esters is 1. The van der Waals surface area contributed by atoms with Crippen molar-refractivity contribution in [2.24, 2.45) is 17.8 Å². The molecular formula is C20H22O4. The molecule has 0 saturated heterocycles. The number of phenolic OH excluding ortho intramolecular Hbond substituents is 1. The highest BCUT2D eigenvalue weighted by atomic mass is 16.5. The van der Waals surface area contributed by atoms with Gasteiger partial charge in [0.25, 0.3) is 0 Å². The van der Waals surface area contributed by atoms with Crippen molar-refractivity contribution in [3.05, 3.63) is 41.0 Å². The van der Waals surface area contributed by atoms with Gasteiger partial charge in [0, 0.05) is 18.3 Å². The molecule has 1 aromatic rings. The van der Waals surface area contributed by atoms with Crippen LogP contribution < -0.4 is 0 Å². The summed E-state index contributed by atoms with van der Waals surface area (Å²) >= 11 is 0. The van der Waals surface area contributed by atoms with Crippen LogP contribution in [0.1, 0.15) is 53.1 Å². The lowest BCUT2D eigenvalue weighted by molar-refractivity contribution is -0.128. The van der Waals surface area contributed by atoms with Crippen molar-refractivity contribution in [2.75, 3.05) is 7.11 Å².